The Balaban J connectivity index is 1.97. The third-order valence-electron chi connectivity index (χ3n) is 5.89. The van der Waals surface area contributed by atoms with Crippen LogP contribution < -0.4 is 0 Å². The Kier molecular flexibility index (Phi) is 14.1. The fourth-order valence-electron chi connectivity index (χ4n) is 3.83. The van der Waals surface area contributed by atoms with Crippen LogP contribution in [0.2, 0.25) is 0 Å². The highest BCUT2D eigenvalue weighted by Gasteiger charge is 2.08. The lowest BCUT2D eigenvalue weighted by molar-refractivity contribution is 0.377. The van der Waals surface area contributed by atoms with Crippen molar-refractivity contribution in [3.05, 3.63) is 30.3 Å². The average Bonchev–Trinajstić information content (AvgIpc) is 2.62. The summed E-state index contributed by atoms with van der Waals surface area (Å²) in [6, 6.07) is 10.8. The van der Waals surface area contributed by atoms with Crippen molar-refractivity contribution >= 4 is 11.8 Å². The van der Waals surface area contributed by atoms with E-state index in [2.05, 4.69) is 65.0 Å². The molecule has 1 aromatic carbocycles. The van der Waals surface area contributed by atoms with Crippen molar-refractivity contribution in [1.82, 2.24) is 0 Å². The zero-order valence-corrected chi connectivity index (χ0v) is 19.7. The molecule has 0 saturated heterocycles. The monoisotopic (exact) mass is 390 g/mol. The number of thioether (sulfide) groups is 1. The molecule has 27 heavy (non-hydrogen) atoms. The van der Waals surface area contributed by atoms with Crippen LogP contribution in [0.15, 0.2) is 35.2 Å². The molecule has 0 amide bonds. The predicted octanol–water partition coefficient (Wildman–Crippen LogP) is 9.24. The maximum absolute atomic E-state index is 2.47. The molecule has 0 nitrogen and oxygen atoms in total. The molecule has 3 unspecified atom stereocenters. The van der Waals surface area contributed by atoms with Gasteiger partial charge < -0.3 is 0 Å². The van der Waals surface area contributed by atoms with Gasteiger partial charge in [0.25, 0.3) is 0 Å². The highest BCUT2D eigenvalue weighted by Crippen LogP contribution is 2.24. The van der Waals surface area contributed by atoms with E-state index in [4.69, 9.17) is 0 Å². The fraction of sp³-hybridized carbons (Fsp3) is 0.769. The molecule has 0 saturated carbocycles. The van der Waals surface area contributed by atoms with Crippen molar-refractivity contribution in [3.8, 4) is 0 Å². The summed E-state index contributed by atoms with van der Waals surface area (Å²) in [5.41, 5.74) is 0. The minimum absolute atomic E-state index is 0.870. The summed E-state index contributed by atoms with van der Waals surface area (Å²) >= 11 is 2.01. The van der Waals surface area contributed by atoms with Gasteiger partial charge in [0.1, 0.15) is 0 Å². The number of benzene rings is 1. The summed E-state index contributed by atoms with van der Waals surface area (Å²) < 4.78 is 0. The Morgan fingerprint density at radius 3 is 1.52 bits per heavy atom. The summed E-state index contributed by atoms with van der Waals surface area (Å²) in [6.07, 6.45) is 14.2. The molecule has 0 heterocycles. The molecule has 3 atom stereocenters. The summed E-state index contributed by atoms with van der Waals surface area (Å²) in [5.74, 6) is 4.85. The van der Waals surface area contributed by atoms with Gasteiger partial charge in [0.05, 0.1) is 0 Å². The van der Waals surface area contributed by atoms with Crippen molar-refractivity contribution in [2.75, 3.05) is 5.75 Å². The van der Waals surface area contributed by atoms with Gasteiger partial charge >= 0.3 is 0 Å². The summed E-state index contributed by atoms with van der Waals surface area (Å²) in [7, 11) is 0. The molecule has 0 N–H and O–H groups in total. The van der Waals surface area contributed by atoms with E-state index in [0.717, 1.165) is 23.7 Å². The molecule has 0 spiro atoms. The van der Waals surface area contributed by atoms with Gasteiger partial charge in [-0.2, -0.15) is 0 Å². The first-order valence-corrected chi connectivity index (χ1v) is 12.6. The van der Waals surface area contributed by atoms with E-state index in [1.807, 2.05) is 11.8 Å². The number of hydrogen-bond acceptors (Lipinski definition) is 1. The summed E-state index contributed by atoms with van der Waals surface area (Å²) in [5, 5.41) is 0. The molecular weight excluding hydrogens is 344 g/mol. The lowest BCUT2D eigenvalue weighted by Gasteiger charge is -2.16. The number of rotatable bonds is 16. The molecule has 0 aliphatic carbocycles. The fourth-order valence-corrected chi connectivity index (χ4v) is 4.94. The lowest BCUT2D eigenvalue weighted by Crippen LogP contribution is -2.02. The summed E-state index contributed by atoms with van der Waals surface area (Å²) in [4.78, 5) is 1.41. The molecule has 1 heteroatoms. The van der Waals surface area contributed by atoms with Crippen LogP contribution in [-0.2, 0) is 0 Å². The molecule has 1 rings (SSSR count). The Morgan fingerprint density at radius 2 is 1.04 bits per heavy atom. The normalized spacial score (nSPS) is 15.0. The first-order chi connectivity index (χ1) is 13.0. The largest absolute Gasteiger partial charge is 0.126 e. The highest BCUT2D eigenvalue weighted by molar-refractivity contribution is 7.99. The second kappa shape index (κ2) is 15.5. The van der Waals surface area contributed by atoms with Crippen LogP contribution in [0.25, 0.3) is 0 Å². The van der Waals surface area contributed by atoms with Crippen LogP contribution in [0.4, 0.5) is 0 Å². The summed E-state index contributed by atoms with van der Waals surface area (Å²) in [6.45, 7) is 12.1. The zero-order valence-electron chi connectivity index (χ0n) is 18.9. The standard InChI is InChI=1S/C26H46S/c1-22(2)12-9-13-23(3)14-10-15-24(4)16-11-17-25(5)20-21-27-26-18-7-6-8-19-26/h6-8,18-19,22-25H,9-17,20-21H2,1-5H3. The van der Waals surface area contributed by atoms with Gasteiger partial charge in [-0.05, 0) is 48.0 Å². The molecule has 0 aliphatic heterocycles. The predicted molar refractivity (Wildman–Crippen MR) is 126 cm³/mol. The van der Waals surface area contributed by atoms with E-state index in [1.165, 1.54) is 74.9 Å². The Hall–Kier alpha value is -0.430. The van der Waals surface area contributed by atoms with Crippen LogP contribution >= 0.6 is 11.8 Å². The van der Waals surface area contributed by atoms with Gasteiger partial charge in [-0.25, -0.2) is 0 Å². The van der Waals surface area contributed by atoms with Gasteiger partial charge in [-0.3, -0.25) is 0 Å². The van der Waals surface area contributed by atoms with Crippen molar-refractivity contribution in [2.45, 2.75) is 104 Å². The van der Waals surface area contributed by atoms with Crippen molar-refractivity contribution in [1.29, 1.82) is 0 Å². The van der Waals surface area contributed by atoms with Crippen LogP contribution in [0.1, 0.15) is 98.8 Å². The second-order valence-electron chi connectivity index (χ2n) is 9.45. The van der Waals surface area contributed by atoms with Crippen LogP contribution in [0.5, 0.6) is 0 Å². The van der Waals surface area contributed by atoms with E-state index < -0.39 is 0 Å². The quantitative estimate of drug-likeness (QED) is 0.253. The third kappa shape index (κ3) is 14.3. The molecule has 0 aromatic heterocycles. The molecule has 0 fully saturated rings. The zero-order chi connectivity index (χ0) is 19.9. The van der Waals surface area contributed by atoms with E-state index in [1.54, 1.807) is 0 Å². The van der Waals surface area contributed by atoms with Gasteiger partial charge in [0.15, 0.2) is 0 Å². The third-order valence-corrected chi connectivity index (χ3v) is 6.93. The van der Waals surface area contributed by atoms with Crippen LogP contribution in [0.3, 0.4) is 0 Å². The molecule has 0 radical (unpaired) electrons. The Bertz CT molecular complexity index is 439. The Morgan fingerprint density at radius 1 is 0.593 bits per heavy atom. The molecule has 1 aromatic rings. The molecule has 0 bridgehead atoms. The molecule has 156 valence electrons. The highest BCUT2D eigenvalue weighted by atomic mass is 32.2. The van der Waals surface area contributed by atoms with E-state index in [0.29, 0.717) is 0 Å². The minimum Gasteiger partial charge on any atom is -0.126 e. The van der Waals surface area contributed by atoms with Crippen molar-refractivity contribution in [2.24, 2.45) is 23.7 Å². The van der Waals surface area contributed by atoms with E-state index >= 15 is 0 Å². The molecule has 0 aliphatic rings. The number of hydrogen-bond donors (Lipinski definition) is 0. The van der Waals surface area contributed by atoms with E-state index in [9.17, 15) is 0 Å². The maximum Gasteiger partial charge on any atom is 0.00719 e. The van der Waals surface area contributed by atoms with Crippen LogP contribution in [0, 0.1) is 23.7 Å². The van der Waals surface area contributed by atoms with Gasteiger partial charge in [0.2, 0.25) is 0 Å². The topological polar surface area (TPSA) is 0 Å². The van der Waals surface area contributed by atoms with Gasteiger partial charge in [-0.15, -0.1) is 11.8 Å². The van der Waals surface area contributed by atoms with Crippen molar-refractivity contribution < 1.29 is 0 Å². The minimum atomic E-state index is 0.870. The first kappa shape index (κ1) is 24.6. The van der Waals surface area contributed by atoms with Gasteiger partial charge in [-0.1, -0.05) is 111 Å². The average molecular weight is 391 g/mol. The lowest BCUT2D eigenvalue weighted by atomic mass is 9.91. The van der Waals surface area contributed by atoms with Crippen LogP contribution in [-0.4, -0.2) is 5.75 Å². The SMILES string of the molecule is CC(C)CCCC(C)CCCC(C)CCCC(C)CCSc1ccccc1. The smallest absolute Gasteiger partial charge is 0.00719 e. The van der Waals surface area contributed by atoms with E-state index in [-0.39, 0.29) is 0 Å². The first-order valence-electron chi connectivity index (χ1n) is 11.6. The second-order valence-corrected chi connectivity index (χ2v) is 10.6. The van der Waals surface area contributed by atoms with Gasteiger partial charge in [0, 0.05) is 4.90 Å². The Labute approximate surface area is 175 Å². The molecular formula is C26H46S. The van der Waals surface area contributed by atoms with Crippen molar-refractivity contribution in [3.63, 3.8) is 0 Å². The maximum atomic E-state index is 2.47.